The molecular formula is C11H11N2NaO4S. The zero-order chi connectivity index (χ0) is 13.3. The number of nitrogens with zero attached hydrogens (tertiary/aromatic N) is 1. The van der Waals surface area contributed by atoms with E-state index in [1.807, 2.05) is 0 Å². The van der Waals surface area contributed by atoms with Crippen LogP contribution in [0.1, 0.15) is 19.8 Å². The molecule has 8 heteroatoms. The first-order valence-electron chi connectivity index (χ1n) is 5.36. The molecule has 0 radical (unpaired) electrons. The van der Waals surface area contributed by atoms with E-state index >= 15 is 0 Å². The van der Waals surface area contributed by atoms with Crippen molar-refractivity contribution in [1.29, 1.82) is 0 Å². The monoisotopic (exact) mass is 290 g/mol. The molecule has 1 atom stereocenters. The molecule has 2 amide bonds. The molecule has 1 fully saturated rings. The Morgan fingerprint density at radius 2 is 2.16 bits per heavy atom. The van der Waals surface area contributed by atoms with Crippen LogP contribution in [0.5, 0.6) is 0 Å². The predicted molar refractivity (Wildman–Crippen MR) is 62.4 cm³/mol. The van der Waals surface area contributed by atoms with Crippen LogP contribution < -0.4 is 40.0 Å². The Morgan fingerprint density at radius 1 is 1.47 bits per heavy atom. The minimum absolute atomic E-state index is 0. The summed E-state index contributed by atoms with van der Waals surface area (Å²) in [6, 6.07) is -0.0398. The Labute approximate surface area is 136 Å². The minimum Gasteiger partial charge on any atom is -0.543 e. The third kappa shape index (κ3) is 3.42. The van der Waals surface area contributed by atoms with Crippen molar-refractivity contribution in [2.45, 2.75) is 25.8 Å². The third-order valence-corrected chi connectivity index (χ3v) is 3.65. The second-order valence-electron chi connectivity index (χ2n) is 4.01. The van der Waals surface area contributed by atoms with Crippen LogP contribution in [0, 0.1) is 0 Å². The molecule has 0 aromatic rings. The molecule has 1 N–H and O–H groups in total. The molecule has 0 bridgehead atoms. The fraction of sp³-hybridized carbons (Fsp3) is 0.364. The van der Waals surface area contributed by atoms with Crippen molar-refractivity contribution in [2.75, 3.05) is 0 Å². The van der Waals surface area contributed by atoms with Crippen molar-refractivity contribution < 1.29 is 49.0 Å². The van der Waals surface area contributed by atoms with E-state index in [9.17, 15) is 19.5 Å². The van der Waals surface area contributed by atoms with E-state index in [4.69, 9.17) is 0 Å². The number of carboxylic acids is 1. The number of amides is 2. The van der Waals surface area contributed by atoms with E-state index in [1.54, 1.807) is 5.41 Å². The SMILES string of the molecule is CC(=O)N/C=C/SC1=C(C(=O)[O-])N2C(=O)CC2C1.[Na+]. The van der Waals surface area contributed by atoms with Crippen LogP contribution in [0.3, 0.4) is 0 Å². The minimum atomic E-state index is -1.33. The molecule has 6 nitrogen and oxygen atoms in total. The quantitative estimate of drug-likeness (QED) is 0.425. The van der Waals surface area contributed by atoms with Gasteiger partial charge < -0.3 is 20.1 Å². The van der Waals surface area contributed by atoms with Crippen molar-refractivity contribution >= 4 is 29.5 Å². The van der Waals surface area contributed by atoms with Gasteiger partial charge in [-0.15, -0.1) is 0 Å². The second-order valence-corrected chi connectivity index (χ2v) is 5.01. The molecule has 2 rings (SSSR count). The van der Waals surface area contributed by atoms with Gasteiger partial charge in [-0.05, 0) is 5.41 Å². The van der Waals surface area contributed by atoms with Gasteiger partial charge in [0.1, 0.15) is 0 Å². The zero-order valence-corrected chi connectivity index (χ0v) is 13.5. The van der Waals surface area contributed by atoms with E-state index in [-0.39, 0.29) is 53.1 Å². The first kappa shape index (κ1) is 16.3. The molecule has 0 aromatic carbocycles. The maximum Gasteiger partial charge on any atom is 1.00 e. The Kier molecular flexibility index (Phi) is 5.66. The summed E-state index contributed by atoms with van der Waals surface area (Å²) in [5.74, 6) is -1.71. The van der Waals surface area contributed by atoms with Crippen LogP contribution in [0.4, 0.5) is 0 Å². The summed E-state index contributed by atoms with van der Waals surface area (Å²) in [6.45, 7) is 1.38. The number of nitrogens with one attached hydrogen (secondary N) is 1. The number of carboxylic acid groups (broad SMARTS) is 1. The van der Waals surface area contributed by atoms with E-state index in [0.717, 1.165) is 0 Å². The predicted octanol–water partition coefficient (Wildman–Crippen LogP) is -3.70. The summed E-state index contributed by atoms with van der Waals surface area (Å²) >= 11 is 1.18. The van der Waals surface area contributed by atoms with E-state index in [0.29, 0.717) is 17.7 Å². The van der Waals surface area contributed by atoms with Crippen molar-refractivity contribution in [3.63, 3.8) is 0 Å². The van der Waals surface area contributed by atoms with Gasteiger partial charge in [0.25, 0.3) is 0 Å². The first-order chi connectivity index (χ1) is 8.50. The molecule has 2 heterocycles. The van der Waals surface area contributed by atoms with E-state index in [1.165, 1.54) is 29.8 Å². The number of fused-ring (bicyclic) bond motifs is 1. The summed E-state index contributed by atoms with van der Waals surface area (Å²) in [5, 5.41) is 15.1. The fourth-order valence-electron chi connectivity index (χ4n) is 1.98. The summed E-state index contributed by atoms with van der Waals surface area (Å²) in [4.78, 5) is 34.8. The maximum atomic E-state index is 11.3. The van der Waals surface area contributed by atoms with Crippen LogP contribution in [0.25, 0.3) is 0 Å². The standard InChI is InChI=1S/C11H12N2O4S.Na/c1-6(14)12-2-3-18-8-4-7-5-9(15)13(7)10(8)11(16)17;/h2-3,7H,4-5H2,1H3,(H,12,14)(H,16,17);/q;+1/p-1/b3-2+;. The van der Waals surface area contributed by atoms with Crippen molar-refractivity contribution in [1.82, 2.24) is 10.2 Å². The van der Waals surface area contributed by atoms with Crippen molar-refractivity contribution in [3.05, 3.63) is 22.2 Å². The second kappa shape index (κ2) is 6.60. The molecule has 1 saturated heterocycles. The zero-order valence-electron chi connectivity index (χ0n) is 10.6. The molecule has 0 aromatic heterocycles. The van der Waals surface area contributed by atoms with Gasteiger partial charge in [-0.1, -0.05) is 11.8 Å². The van der Waals surface area contributed by atoms with Crippen LogP contribution in [-0.4, -0.2) is 28.7 Å². The molecule has 1 unspecified atom stereocenters. The van der Waals surface area contributed by atoms with Crippen LogP contribution in [0.2, 0.25) is 0 Å². The molecule has 2 aliphatic heterocycles. The van der Waals surface area contributed by atoms with Gasteiger partial charge in [0.05, 0.1) is 17.7 Å². The molecular weight excluding hydrogens is 279 g/mol. The normalized spacial score (nSPS) is 21.0. The number of β-lactam (4-membered cyclic amide) rings is 1. The van der Waals surface area contributed by atoms with Gasteiger partial charge in [0, 0.05) is 30.9 Å². The number of aliphatic carboxylic acids is 1. The van der Waals surface area contributed by atoms with E-state index in [2.05, 4.69) is 5.32 Å². The fourth-order valence-corrected chi connectivity index (χ4v) is 2.86. The third-order valence-electron chi connectivity index (χ3n) is 2.73. The summed E-state index contributed by atoms with van der Waals surface area (Å²) in [5.41, 5.74) is -0.0336. The number of carbonyl (C=O) groups is 3. The van der Waals surface area contributed by atoms with Crippen molar-refractivity contribution in [2.24, 2.45) is 0 Å². The van der Waals surface area contributed by atoms with Gasteiger partial charge >= 0.3 is 29.6 Å². The Bertz CT molecular complexity index is 489. The smallest absolute Gasteiger partial charge is 0.543 e. The van der Waals surface area contributed by atoms with Gasteiger partial charge in [-0.3, -0.25) is 9.59 Å². The van der Waals surface area contributed by atoms with Gasteiger partial charge in [-0.25, -0.2) is 0 Å². The maximum absolute atomic E-state index is 11.3. The van der Waals surface area contributed by atoms with Gasteiger partial charge in [-0.2, -0.15) is 0 Å². The van der Waals surface area contributed by atoms with Gasteiger partial charge in [0.15, 0.2) is 0 Å². The largest absolute Gasteiger partial charge is 1.00 e. The number of hydrogen-bond donors (Lipinski definition) is 1. The van der Waals surface area contributed by atoms with Gasteiger partial charge in [0.2, 0.25) is 11.8 Å². The topological polar surface area (TPSA) is 89.5 Å². The molecule has 2 aliphatic rings. The summed E-state index contributed by atoms with van der Waals surface area (Å²) in [6.07, 6.45) is 2.35. The van der Waals surface area contributed by atoms with E-state index < -0.39 is 5.97 Å². The van der Waals surface area contributed by atoms with Crippen LogP contribution in [-0.2, 0) is 14.4 Å². The average Bonchev–Trinajstić information content (AvgIpc) is 2.57. The molecule has 96 valence electrons. The van der Waals surface area contributed by atoms with Crippen molar-refractivity contribution in [3.8, 4) is 0 Å². The van der Waals surface area contributed by atoms with Crippen LogP contribution in [0.15, 0.2) is 22.2 Å². The molecule has 19 heavy (non-hydrogen) atoms. The Morgan fingerprint density at radius 3 is 2.68 bits per heavy atom. The summed E-state index contributed by atoms with van der Waals surface area (Å²) < 4.78 is 0. The number of rotatable bonds is 4. The number of carbonyl (C=O) groups excluding carboxylic acids is 3. The number of thioether (sulfide) groups is 1. The number of hydrogen-bond acceptors (Lipinski definition) is 5. The molecule has 0 spiro atoms. The Hall–Kier alpha value is -0.760. The molecule has 0 aliphatic carbocycles. The Balaban J connectivity index is 0.00000180. The van der Waals surface area contributed by atoms with Crippen LogP contribution >= 0.6 is 11.8 Å². The average molecular weight is 290 g/mol. The first-order valence-corrected chi connectivity index (χ1v) is 6.24. The molecule has 0 saturated carbocycles. The summed E-state index contributed by atoms with van der Waals surface area (Å²) in [7, 11) is 0.